The summed E-state index contributed by atoms with van der Waals surface area (Å²) < 4.78 is 6.27. The minimum Gasteiger partial charge on any atom is -0.378 e. The lowest BCUT2D eigenvalue weighted by atomic mass is 10.4. The van der Waals surface area contributed by atoms with Gasteiger partial charge in [-0.15, -0.1) is 21.4 Å². The van der Waals surface area contributed by atoms with Crippen molar-refractivity contribution in [3.05, 3.63) is 0 Å². The van der Waals surface area contributed by atoms with E-state index in [4.69, 9.17) is 22.1 Å². The van der Waals surface area contributed by atoms with E-state index in [0.29, 0.717) is 44.7 Å². The molecule has 0 atom stereocenters. The third kappa shape index (κ3) is 2.82. The van der Waals surface area contributed by atoms with Crippen LogP contribution in [-0.2, 0) is 4.74 Å². The monoisotopic (exact) mass is 274 g/mol. The second-order valence-corrected chi connectivity index (χ2v) is 4.08. The Morgan fingerprint density at radius 2 is 2.22 bits per heavy atom. The van der Waals surface area contributed by atoms with E-state index in [0.717, 1.165) is 4.68 Å². The lowest BCUT2D eigenvalue weighted by Crippen LogP contribution is -2.37. The minimum absolute atomic E-state index is 0.0589. The summed E-state index contributed by atoms with van der Waals surface area (Å²) in [6, 6.07) is -0.430. The van der Waals surface area contributed by atoms with Crippen LogP contribution in [-0.4, -0.2) is 59.5 Å². The Kier molecular flexibility index (Phi) is 4.21. The van der Waals surface area contributed by atoms with Crippen LogP contribution >= 0.6 is 11.6 Å². The lowest BCUT2D eigenvalue weighted by Gasteiger charge is -2.25. The first kappa shape index (κ1) is 12.9. The number of hydrogen-bond acceptors (Lipinski definition) is 6. The van der Waals surface area contributed by atoms with Crippen LogP contribution in [0, 0.1) is 0 Å². The largest absolute Gasteiger partial charge is 0.378 e. The van der Waals surface area contributed by atoms with E-state index < -0.39 is 6.03 Å². The van der Waals surface area contributed by atoms with Gasteiger partial charge in [-0.3, -0.25) is 0 Å². The third-order valence-electron chi connectivity index (χ3n) is 2.48. The highest BCUT2D eigenvalue weighted by atomic mass is 35.5. The molecule has 0 aromatic carbocycles. The van der Waals surface area contributed by atoms with Gasteiger partial charge in [0.05, 0.1) is 13.2 Å². The molecular weight excluding hydrogens is 260 g/mol. The zero-order valence-electron chi connectivity index (χ0n) is 9.80. The smallest absolute Gasteiger partial charge is 0.345 e. The maximum Gasteiger partial charge on any atom is 0.345 e. The van der Waals surface area contributed by atoms with Crippen LogP contribution in [0.1, 0.15) is 0 Å². The first-order chi connectivity index (χ1) is 8.72. The second-order valence-electron chi connectivity index (χ2n) is 3.70. The van der Waals surface area contributed by atoms with Gasteiger partial charge in [-0.1, -0.05) is 0 Å². The Balaban J connectivity index is 2.08. The number of carbonyl (C=O) groups excluding carboxylic acids is 1. The molecule has 2 rings (SSSR count). The van der Waals surface area contributed by atoms with E-state index in [2.05, 4.69) is 15.4 Å². The molecule has 0 unspecified atom stereocenters. The number of halogens is 1. The molecule has 1 aromatic rings. The van der Waals surface area contributed by atoms with Crippen molar-refractivity contribution in [1.29, 1.82) is 0 Å². The van der Waals surface area contributed by atoms with Crippen molar-refractivity contribution in [3.8, 4) is 0 Å². The fourth-order valence-corrected chi connectivity index (χ4v) is 1.68. The topological polar surface area (TPSA) is 98.3 Å². The number of rotatable bonds is 3. The SMILES string of the molecule is Nc1nc(N2CCOCC2)nn1C(=O)NCCCl. The number of ether oxygens (including phenoxy) is 1. The summed E-state index contributed by atoms with van der Waals surface area (Å²) in [5, 5.41) is 6.65. The number of anilines is 2. The number of aromatic nitrogens is 3. The maximum absolute atomic E-state index is 11.7. The first-order valence-corrected chi connectivity index (χ1v) is 6.15. The Labute approximate surface area is 109 Å². The van der Waals surface area contributed by atoms with Crippen LogP contribution in [0.25, 0.3) is 0 Å². The van der Waals surface area contributed by atoms with Gasteiger partial charge in [0, 0.05) is 25.5 Å². The van der Waals surface area contributed by atoms with Crippen LogP contribution in [0.15, 0.2) is 0 Å². The van der Waals surface area contributed by atoms with Gasteiger partial charge >= 0.3 is 6.03 Å². The molecule has 0 spiro atoms. The highest BCUT2D eigenvalue weighted by Gasteiger charge is 2.19. The van der Waals surface area contributed by atoms with Gasteiger partial charge in [-0.25, -0.2) is 4.79 Å². The van der Waals surface area contributed by atoms with Crippen LogP contribution < -0.4 is 16.0 Å². The fraction of sp³-hybridized carbons (Fsp3) is 0.667. The molecule has 1 aliphatic heterocycles. The Bertz CT molecular complexity index is 417. The summed E-state index contributed by atoms with van der Waals surface area (Å²) in [5.41, 5.74) is 5.66. The van der Waals surface area contributed by atoms with Crippen molar-refractivity contribution >= 4 is 29.5 Å². The maximum atomic E-state index is 11.7. The van der Waals surface area contributed by atoms with Crippen LogP contribution in [0.4, 0.5) is 16.7 Å². The molecular formula is C9H15ClN6O2. The molecule has 3 N–H and O–H groups in total. The second kappa shape index (κ2) is 5.87. The van der Waals surface area contributed by atoms with Gasteiger partial charge < -0.3 is 20.7 Å². The number of hydrogen-bond donors (Lipinski definition) is 2. The number of nitrogens with zero attached hydrogens (tertiary/aromatic N) is 4. The molecule has 0 radical (unpaired) electrons. The molecule has 1 aliphatic rings. The zero-order valence-corrected chi connectivity index (χ0v) is 10.6. The quantitative estimate of drug-likeness (QED) is 0.721. The lowest BCUT2D eigenvalue weighted by molar-refractivity contribution is 0.122. The third-order valence-corrected chi connectivity index (χ3v) is 2.67. The van der Waals surface area contributed by atoms with Gasteiger partial charge in [-0.2, -0.15) is 4.98 Å². The van der Waals surface area contributed by atoms with Gasteiger partial charge in [-0.05, 0) is 0 Å². The number of morpholine rings is 1. The predicted octanol–water partition coefficient (Wildman–Crippen LogP) is -0.507. The average Bonchev–Trinajstić information content (AvgIpc) is 2.79. The van der Waals surface area contributed by atoms with Crippen molar-refractivity contribution in [3.63, 3.8) is 0 Å². The highest BCUT2D eigenvalue weighted by Crippen LogP contribution is 2.12. The molecule has 1 fully saturated rings. The first-order valence-electron chi connectivity index (χ1n) is 5.62. The molecule has 0 saturated carbocycles. The van der Waals surface area contributed by atoms with Crippen molar-refractivity contribution in [1.82, 2.24) is 20.1 Å². The fourth-order valence-electron chi connectivity index (χ4n) is 1.59. The standard InChI is InChI=1S/C9H15ClN6O2/c10-1-2-12-9(17)16-7(11)13-8(14-16)15-3-5-18-6-4-15/h1-6H2,(H,12,17)(H2,11,13,14). The van der Waals surface area contributed by atoms with Gasteiger partial charge in [0.2, 0.25) is 11.9 Å². The van der Waals surface area contributed by atoms with Gasteiger partial charge in [0.15, 0.2) is 0 Å². The number of amides is 1. The summed E-state index contributed by atoms with van der Waals surface area (Å²) in [7, 11) is 0. The molecule has 1 amide bonds. The number of carbonyl (C=O) groups is 1. The van der Waals surface area contributed by atoms with E-state index in [1.807, 2.05) is 4.90 Å². The molecule has 0 bridgehead atoms. The van der Waals surface area contributed by atoms with Gasteiger partial charge in [0.25, 0.3) is 0 Å². The van der Waals surface area contributed by atoms with Crippen LogP contribution in [0.2, 0.25) is 0 Å². The Morgan fingerprint density at radius 3 is 2.89 bits per heavy atom. The Morgan fingerprint density at radius 1 is 1.50 bits per heavy atom. The molecule has 1 saturated heterocycles. The van der Waals surface area contributed by atoms with E-state index in [1.165, 1.54) is 0 Å². The average molecular weight is 275 g/mol. The molecule has 100 valence electrons. The van der Waals surface area contributed by atoms with Crippen LogP contribution in [0.3, 0.4) is 0 Å². The predicted molar refractivity (Wildman–Crippen MR) is 67.0 cm³/mol. The molecule has 9 heteroatoms. The van der Waals surface area contributed by atoms with Crippen molar-refractivity contribution in [2.45, 2.75) is 0 Å². The number of nitrogen functional groups attached to an aromatic ring is 1. The van der Waals surface area contributed by atoms with E-state index >= 15 is 0 Å². The summed E-state index contributed by atoms with van der Waals surface area (Å²) in [6.07, 6.45) is 0. The summed E-state index contributed by atoms with van der Waals surface area (Å²) in [6.45, 7) is 2.96. The molecule has 1 aromatic heterocycles. The van der Waals surface area contributed by atoms with E-state index in [9.17, 15) is 4.79 Å². The minimum atomic E-state index is -0.430. The summed E-state index contributed by atoms with van der Waals surface area (Å²) >= 11 is 5.49. The highest BCUT2D eigenvalue weighted by molar-refractivity contribution is 6.18. The normalized spacial score (nSPS) is 15.7. The molecule has 18 heavy (non-hydrogen) atoms. The molecule has 8 nitrogen and oxygen atoms in total. The van der Waals surface area contributed by atoms with Crippen LogP contribution in [0.5, 0.6) is 0 Å². The van der Waals surface area contributed by atoms with E-state index in [-0.39, 0.29) is 5.95 Å². The van der Waals surface area contributed by atoms with Crippen molar-refractivity contribution < 1.29 is 9.53 Å². The molecule has 2 heterocycles. The Hall–Kier alpha value is -1.54. The van der Waals surface area contributed by atoms with Gasteiger partial charge in [0.1, 0.15) is 0 Å². The van der Waals surface area contributed by atoms with Crippen molar-refractivity contribution in [2.24, 2.45) is 0 Å². The summed E-state index contributed by atoms with van der Waals surface area (Å²) in [4.78, 5) is 17.7. The van der Waals surface area contributed by atoms with Crippen molar-refractivity contribution in [2.75, 3.05) is 49.4 Å². The molecule has 0 aliphatic carbocycles. The number of nitrogens with one attached hydrogen (secondary N) is 1. The number of nitrogens with two attached hydrogens (primary N) is 1. The number of alkyl halides is 1. The van der Waals surface area contributed by atoms with E-state index in [1.54, 1.807) is 0 Å². The zero-order chi connectivity index (χ0) is 13.0. The summed E-state index contributed by atoms with van der Waals surface area (Å²) in [5.74, 6) is 0.830.